The van der Waals surface area contributed by atoms with Crippen LogP contribution in [0.5, 0.6) is 0 Å². The topological polar surface area (TPSA) is 58.4 Å². The van der Waals surface area contributed by atoms with Crippen molar-refractivity contribution >= 4 is 23.0 Å². The number of rotatable bonds is 7. The third kappa shape index (κ3) is 4.74. The Morgan fingerprint density at radius 2 is 1.70 bits per heavy atom. The van der Waals surface area contributed by atoms with E-state index < -0.39 is 0 Å². The molecule has 0 saturated carbocycles. The fraction of sp³-hybridized carbons (Fsp3) is 0.316. The first-order valence-electron chi connectivity index (χ1n) is 8.12. The zero-order valence-electron chi connectivity index (χ0n) is 13.9. The number of nitrogens with one attached hydrogen (secondary N) is 1. The number of para-hydroxylation sites is 1. The van der Waals surface area contributed by atoms with E-state index in [0.717, 1.165) is 30.0 Å². The molecule has 0 aliphatic rings. The van der Waals surface area contributed by atoms with Gasteiger partial charge in [0.15, 0.2) is 0 Å². The SMILES string of the molecule is CCN(CC)c1ccc(NC(=O)CCc2ccccc2N)cc1. The minimum absolute atomic E-state index is 0.00356. The zero-order chi connectivity index (χ0) is 16.7. The van der Waals surface area contributed by atoms with Crippen molar-refractivity contribution in [2.24, 2.45) is 0 Å². The molecule has 2 rings (SSSR count). The molecule has 3 N–H and O–H groups in total. The standard InChI is InChI=1S/C19H25N3O/c1-3-22(4-2)17-12-10-16(11-13-17)21-19(23)14-9-15-7-5-6-8-18(15)20/h5-8,10-13H,3-4,9,14,20H2,1-2H3,(H,21,23). The Morgan fingerprint density at radius 1 is 1.04 bits per heavy atom. The Hall–Kier alpha value is -2.49. The van der Waals surface area contributed by atoms with Crippen LogP contribution in [0, 0.1) is 0 Å². The van der Waals surface area contributed by atoms with Crippen LogP contribution in [-0.4, -0.2) is 19.0 Å². The zero-order valence-corrected chi connectivity index (χ0v) is 13.9. The second kappa shape index (κ2) is 8.22. The summed E-state index contributed by atoms with van der Waals surface area (Å²) in [6.45, 7) is 6.21. The van der Waals surface area contributed by atoms with E-state index in [1.807, 2.05) is 48.5 Å². The molecule has 0 aliphatic carbocycles. The number of nitrogens with two attached hydrogens (primary N) is 1. The number of amides is 1. The van der Waals surface area contributed by atoms with Crippen LogP contribution in [0.15, 0.2) is 48.5 Å². The summed E-state index contributed by atoms with van der Waals surface area (Å²) < 4.78 is 0. The van der Waals surface area contributed by atoms with Gasteiger partial charge in [-0.05, 0) is 56.2 Å². The quantitative estimate of drug-likeness (QED) is 0.767. The van der Waals surface area contributed by atoms with E-state index in [2.05, 4.69) is 24.1 Å². The second-order valence-corrected chi connectivity index (χ2v) is 5.47. The lowest BCUT2D eigenvalue weighted by molar-refractivity contribution is -0.116. The molecule has 0 spiro atoms. The number of carbonyl (C=O) groups excluding carboxylic acids is 1. The van der Waals surface area contributed by atoms with Gasteiger partial charge in [0.05, 0.1) is 0 Å². The van der Waals surface area contributed by atoms with Gasteiger partial charge in [0.1, 0.15) is 0 Å². The van der Waals surface area contributed by atoms with E-state index >= 15 is 0 Å². The van der Waals surface area contributed by atoms with Gasteiger partial charge in [-0.1, -0.05) is 18.2 Å². The van der Waals surface area contributed by atoms with Gasteiger partial charge >= 0.3 is 0 Å². The summed E-state index contributed by atoms with van der Waals surface area (Å²) in [6.07, 6.45) is 1.07. The molecule has 122 valence electrons. The summed E-state index contributed by atoms with van der Waals surface area (Å²) in [5.41, 5.74) is 9.64. The van der Waals surface area contributed by atoms with Gasteiger partial charge in [-0.25, -0.2) is 0 Å². The van der Waals surface area contributed by atoms with Crippen LogP contribution in [0.3, 0.4) is 0 Å². The fourth-order valence-electron chi connectivity index (χ4n) is 2.58. The summed E-state index contributed by atoms with van der Waals surface area (Å²) >= 11 is 0. The summed E-state index contributed by atoms with van der Waals surface area (Å²) in [6, 6.07) is 15.6. The molecule has 0 radical (unpaired) electrons. The van der Waals surface area contributed by atoms with Crippen LogP contribution < -0.4 is 16.0 Å². The van der Waals surface area contributed by atoms with Crippen molar-refractivity contribution in [2.45, 2.75) is 26.7 Å². The maximum atomic E-state index is 12.1. The van der Waals surface area contributed by atoms with Crippen LogP contribution in [-0.2, 0) is 11.2 Å². The maximum Gasteiger partial charge on any atom is 0.224 e. The van der Waals surface area contributed by atoms with Gasteiger partial charge in [0.25, 0.3) is 0 Å². The van der Waals surface area contributed by atoms with Gasteiger partial charge in [-0.2, -0.15) is 0 Å². The molecule has 0 atom stereocenters. The highest BCUT2D eigenvalue weighted by Crippen LogP contribution is 2.18. The molecule has 0 fully saturated rings. The highest BCUT2D eigenvalue weighted by atomic mass is 16.1. The monoisotopic (exact) mass is 311 g/mol. The summed E-state index contributed by atoms with van der Waals surface area (Å²) in [5, 5.41) is 2.94. The number of hydrogen-bond donors (Lipinski definition) is 2. The lowest BCUT2D eigenvalue weighted by atomic mass is 10.1. The van der Waals surface area contributed by atoms with Crippen molar-refractivity contribution < 1.29 is 4.79 Å². The lowest BCUT2D eigenvalue weighted by Gasteiger charge is -2.21. The fourth-order valence-corrected chi connectivity index (χ4v) is 2.58. The molecule has 0 bridgehead atoms. The molecular weight excluding hydrogens is 286 g/mol. The third-order valence-electron chi connectivity index (χ3n) is 3.96. The Labute approximate surface area is 138 Å². The predicted molar refractivity (Wildman–Crippen MR) is 97.8 cm³/mol. The summed E-state index contributed by atoms with van der Waals surface area (Å²) in [5.74, 6) is 0.00356. The first-order valence-corrected chi connectivity index (χ1v) is 8.12. The Kier molecular flexibility index (Phi) is 6.03. The number of benzene rings is 2. The molecule has 4 heteroatoms. The van der Waals surface area contributed by atoms with Crippen molar-refractivity contribution in [1.82, 2.24) is 0 Å². The van der Waals surface area contributed by atoms with Crippen molar-refractivity contribution in [1.29, 1.82) is 0 Å². The molecule has 0 aromatic heterocycles. The van der Waals surface area contributed by atoms with Crippen LogP contribution in [0.4, 0.5) is 17.1 Å². The van der Waals surface area contributed by atoms with E-state index in [1.165, 1.54) is 5.69 Å². The smallest absolute Gasteiger partial charge is 0.224 e. The first kappa shape index (κ1) is 16.9. The van der Waals surface area contributed by atoms with E-state index in [1.54, 1.807) is 0 Å². The van der Waals surface area contributed by atoms with Crippen molar-refractivity contribution in [3.63, 3.8) is 0 Å². The van der Waals surface area contributed by atoms with Gasteiger partial charge < -0.3 is 16.0 Å². The van der Waals surface area contributed by atoms with Crippen molar-refractivity contribution in [3.8, 4) is 0 Å². The van der Waals surface area contributed by atoms with Gasteiger partial charge in [0.2, 0.25) is 5.91 Å². The van der Waals surface area contributed by atoms with E-state index in [-0.39, 0.29) is 5.91 Å². The third-order valence-corrected chi connectivity index (χ3v) is 3.96. The molecule has 0 unspecified atom stereocenters. The van der Waals surface area contributed by atoms with Gasteiger partial charge in [-0.15, -0.1) is 0 Å². The number of carbonyl (C=O) groups is 1. The normalized spacial score (nSPS) is 10.3. The average Bonchev–Trinajstić information content (AvgIpc) is 2.57. The molecule has 2 aromatic carbocycles. The Balaban J connectivity index is 1.89. The molecule has 0 heterocycles. The maximum absolute atomic E-state index is 12.1. The number of nitrogens with zero attached hydrogens (tertiary/aromatic N) is 1. The van der Waals surface area contributed by atoms with E-state index in [9.17, 15) is 4.79 Å². The largest absolute Gasteiger partial charge is 0.399 e. The predicted octanol–water partition coefficient (Wildman–Crippen LogP) is 3.69. The van der Waals surface area contributed by atoms with Crippen LogP contribution in [0.2, 0.25) is 0 Å². The van der Waals surface area contributed by atoms with E-state index in [4.69, 9.17) is 5.73 Å². The van der Waals surface area contributed by atoms with Crippen LogP contribution in [0.25, 0.3) is 0 Å². The van der Waals surface area contributed by atoms with Crippen LogP contribution >= 0.6 is 0 Å². The molecule has 0 saturated heterocycles. The number of hydrogen-bond acceptors (Lipinski definition) is 3. The first-order chi connectivity index (χ1) is 11.1. The Bertz CT molecular complexity index is 633. The second-order valence-electron chi connectivity index (χ2n) is 5.47. The van der Waals surface area contributed by atoms with Crippen molar-refractivity contribution in [2.75, 3.05) is 29.0 Å². The minimum Gasteiger partial charge on any atom is -0.399 e. The van der Waals surface area contributed by atoms with Crippen LogP contribution in [0.1, 0.15) is 25.8 Å². The molecule has 23 heavy (non-hydrogen) atoms. The summed E-state index contributed by atoms with van der Waals surface area (Å²) in [4.78, 5) is 14.3. The number of aryl methyl sites for hydroxylation is 1. The highest BCUT2D eigenvalue weighted by Gasteiger charge is 2.06. The molecular formula is C19H25N3O. The molecule has 0 aliphatic heterocycles. The van der Waals surface area contributed by atoms with Gasteiger partial charge in [0, 0.05) is 36.6 Å². The van der Waals surface area contributed by atoms with Crippen molar-refractivity contribution in [3.05, 3.63) is 54.1 Å². The molecule has 4 nitrogen and oxygen atoms in total. The lowest BCUT2D eigenvalue weighted by Crippen LogP contribution is -2.21. The number of anilines is 3. The molecule has 2 aromatic rings. The average molecular weight is 311 g/mol. The van der Waals surface area contributed by atoms with E-state index in [0.29, 0.717) is 12.8 Å². The van der Waals surface area contributed by atoms with Gasteiger partial charge in [-0.3, -0.25) is 4.79 Å². The highest BCUT2D eigenvalue weighted by molar-refractivity contribution is 5.91. The minimum atomic E-state index is 0.00356. The Morgan fingerprint density at radius 3 is 2.30 bits per heavy atom. The molecule has 1 amide bonds. The number of nitrogen functional groups attached to an aromatic ring is 1. The summed E-state index contributed by atoms with van der Waals surface area (Å²) in [7, 11) is 0.